The molecular formula is H3FeO5Si. The quantitative estimate of drug-likeness (QED) is 0.261. The Morgan fingerprint density at radius 2 is 1.86 bits per heavy atom. The van der Waals surface area contributed by atoms with Crippen LogP contribution in [0.25, 0.3) is 0 Å². The van der Waals surface area contributed by atoms with Crippen molar-refractivity contribution >= 4 is 9.05 Å². The van der Waals surface area contributed by atoms with E-state index in [2.05, 4.69) is 24.4 Å². The summed E-state index contributed by atoms with van der Waals surface area (Å²) in [5, 5.41) is 7.49. The van der Waals surface area contributed by atoms with Gasteiger partial charge in [-0.3, -0.25) is 0 Å². The van der Waals surface area contributed by atoms with Gasteiger partial charge in [0.15, 0.2) is 0 Å². The monoisotopic (exact) mass is 167 g/mol. The van der Waals surface area contributed by atoms with E-state index in [0.717, 1.165) is 0 Å². The van der Waals surface area contributed by atoms with Crippen molar-refractivity contribution in [3.05, 3.63) is 0 Å². The number of hydrogen-bond acceptors (Lipinski definition) is 5. The van der Waals surface area contributed by atoms with Gasteiger partial charge in [0, 0.05) is 0 Å². The third kappa shape index (κ3) is 3.15. The molecule has 0 fully saturated rings. The predicted molar refractivity (Wildman–Crippen MR) is 15.0 cm³/mol. The minimum atomic E-state index is -4.21. The van der Waals surface area contributed by atoms with Crippen LogP contribution in [0.3, 0.4) is 0 Å². The molecule has 0 bridgehead atoms. The first-order valence-corrected chi connectivity index (χ1v) is 3.34. The van der Waals surface area contributed by atoms with Crippen molar-refractivity contribution in [2.24, 2.45) is 0 Å². The van der Waals surface area contributed by atoms with Crippen LogP contribution in [-0.4, -0.2) is 23.9 Å². The summed E-state index contributed by atoms with van der Waals surface area (Å²) in [6.45, 7) is 0. The van der Waals surface area contributed by atoms with Crippen molar-refractivity contribution < 1.29 is 39.3 Å². The molecular weight excluding hydrogens is 164 g/mol. The molecule has 0 saturated heterocycles. The zero-order chi connectivity index (χ0) is 5.91. The van der Waals surface area contributed by atoms with E-state index >= 15 is 0 Å². The van der Waals surface area contributed by atoms with Crippen LogP contribution in [0.2, 0.25) is 0 Å². The molecule has 0 aliphatic heterocycles. The Morgan fingerprint density at radius 1 is 1.43 bits per heavy atom. The van der Waals surface area contributed by atoms with Gasteiger partial charge in [0.25, 0.3) is 0 Å². The van der Waals surface area contributed by atoms with Crippen molar-refractivity contribution in [2.45, 2.75) is 0 Å². The molecule has 0 aromatic heterocycles. The summed E-state index contributed by atoms with van der Waals surface area (Å²) in [5.41, 5.74) is 0. The Labute approximate surface area is 49.1 Å². The van der Waals surface area contributed by atoms with Crippen LogP contribution in [0.5, 0.6) is 0 Å². The topological polar surface area (TPSA) is 79.2 Å². The fourth-order valence-corrected chi connectivity index (χ4v) is 0.163. The average Bonchev–Trinajstić information content (AvgIpc) is 1.68. The molecule has 7 heteroatoms. The zero-order valence-corrected chi connectivity index (χ0v) is 5.12. The molecule has 3 N–H and O–H groups in total. The maximum atomic E-state index is 8.07. The third-order valence-electron chi connectivity index (χ3n) is 0.213. The third-order valence-corrected chi connectivity index (χ3v) is 1.52. The minimum absolute atomic E-state index is 2.60. The molecule has 45 valence electrons. The molecule has 0 heterocycles. The van der Waals surface area contributed by atoms with Gasteiger partial charge in [-0.05, 0) is 0 Å². The molecule has 5 nitrogen and oxygen atoms in total. The second-order valence-electron chi connectivity index (χ2n) is 0.712. The van der Waals surface area contributed by atoms with Gasteiger partial charge in [0.2, 0.25) is 0 Å². The van der Waals surface area contributed by atoms with Crippen LogP contribution in [0.1, 0.15) is 0 Å². The van der Waals surface area contributed by atoms with Gasteiger partial charge in [-0.1, -0.05) is 0 Å². The molecule has 0 aliphatic rings. The molecule has 0 aliphatic carbocycles. The van der Waals surface area contributed by atoms with Gasteiger partial charge in [-0.15, -0.1) is 0 Å². The normalized spacial score (nSPS) is 12.0. The van der Waals surface area contributed by atoms with E-state index < -0.39 is 9.05 Å². The SMILES string of the molecule is OO[Si](O)(O)[O][Fe]. The fraction of sp³-hybridized carbons (Fsp3) is 0. The Kier molecular flexibility index (Phi) is 2.96. The van der Waals surface area contributed by atoms with Crippen LogP contribution in [0.15, 0.2) is 0 Å². The van der Waals surface area contributed by atoms with Gasteiger partial charge in [0.1, 0.15) is 0 Å². The second-order valence-corrected chi connectivity index (χ2v) is 2.81. The Hall–Kier alpha value is 0.536. The average molecular weight is 167 g/mol. The van der Waals surface area contributed by atoms with E-state index in [0.29, 0.717) is 0 Å². The second kappa shape index (κ2) is 2.75. The zero-order valence-electron chi connectivity index (χ0n) is 3.01. The molecule has 0 unspecified atom stereocenters. The van der Waals surface area contributed by atoms with Crippen molar-refractivity contribution in [3.8, 4) is 0 Å². The van der Waals surface area contributed by atoms with Crippen LogP contribution in [-0.2, 0) is 24.4 Å². The molecule has 7 heavy (non-hydrogen) atoms. The van der Waals surface area contributed by atoms with Crippen molar-refractivity contribution in [1.29, 1.82) is 0 Å². The summed E-state index contributed by atoms with van der Waals surface area (Å²) in [4.78, 5) is 16.1. The molecule has 0 atom stereocenters. The van der Waals surface area contributed by atoms with E-state index in [1.54, 1.807) is 0 Å². The summed E-state index contributed by atoms with van der Waals surface area (Å²) in [7, 11) is -4.21. The summed E-state index contributed by atoms with van der Waals surface area (Å²) in [5.74, 6) is 0. The Bertz CT molecular complexity index is 46.0. The molecule has 0 aromatic rings. The van der Waals surface area contributed by atoms with Gasteiger partial charge >= 0.3 is 48.3 Å². The van der Waals surface area contributed by atoms with Gasteiger partial charge in [-0.2, -0.15) is 0 Å². The summed E-state index contributed by atoms with van der Waals surface area (Å²) < 4.78 is 6.67. The van der Waals surface area contributed by atoms with E-state index in [4.69, 9.17) is 14.8 Å². The fourth-order valence-electron chi connectivity index (χ4n) is 0.0132. The number of rotatable bonds is 2. The van der Waals surface area contributed by atoms with E-state index in [-0.39, 0.29) is 0 Å². The molecule has 0 spiro atoms. The summed E-state index contributed by atoms with van der Waals surface area (Å²) in [6.07, 6.45) is 0. The molecule has 0 saturated carbocycles. The van der Waals surface area contributed by atoms with Crippen molar-refractivity contribution in [3.63, 3.8) is 0 Å². The van der Waals surface area contributed by atoms with Crippen LogP contribution >= 0.6 is 0 Å². The van der Waals surface area contributed by atoms with Crippen LogP contribution in [0, 0.1) is 0 Å². The van der Waals surface area contributed by atoms with Crippen LogP contribution in [0.4, 0.5) is 0 Å². The predicted octanol–water partition coefficient (Wildman–Crippen LogP) is -1.63. The maximum absolute atomic E-state index is 8.07. The van der Waals surface area contributed by atoms with E-state index in [9.17, 15) is 0 Å². The van der Waals surface area contributed by atoms with E-state index in [1.807, 2.05) is 0 Å². The Morgan fingerprint density at radius 3 is 1.86 bits per heavy atom. The molecule has 0 amide bonds. The van der Waals surface area contributed by atoms with Crippen molar-refractivity contribution in [2.75, 3.05) is 0 Å². The first-order valence-electron chi connectivity index (χ1n) is 1.18. The van der Waals surface area contributed by atoms with Gasteiger partial charge in [-0.25, -0.2) is 0 Å². The summed E-state index contributed by atoms with van der Waals surface area (Å²) in [6, 6.07) is 0. The molecule has 0 rings (SSSR count). The first kappa shape index (κ1) is 7.54. The van der Waals surface area contributed by atoms with Crippen LogP contribution < -0.4 is 0 Å². The van der Waals surface area contributed by atoms with Crippen molar-refractivity contribution in [1.82, 2.24) is 0 Å². The molecule has 0 radical (unpaired) electrons. The number of hydrogen-bond donors (Lipinski definition) is 3. The molecule has 0 aromatic carbocycles. The van der Waals surface area contributed by atoms with Gasteiger partial charge in [0.05, 0.1) is 0 Å². The summed E-state index contributed by atoms with van der Waals surface area (Å²) >= 11 is 2.60. The first-order chi connectivity index (χ1) is 3.12. The van der Waals surface area contributed by atoms with E-state index in [1.165, 1.54) is 0 Å². The Balaban J connectivity index is 3.36. The standard InChI is InChI=1S/Fe.H3O5Si/c;1-5-6(2,3)4/h;1-3H/q+1;-1. The van der Waals surface area contributed by atoms with Gasteiger partial charge < -0.3 is 0 Å².